The normalized spacial score (nSPS) is 10.7. The van der Waals surface area contributed by atoms with Gasteiger partial charge in [0.2, 0.25) is 0 Å². The maximum atomic E-state index is 6.10. The minimum atomic E-state index is 0.774. The van der Waals surface area contributed by atoms with Crippen molar-refractivity contribution in [2.24, 2.45) is 7.05 Å². The minimum Gasteiger partial charge on any atom is -0.381 e. The van der Waals surface area contributed by atoms with Gasteiger partial charge in [0.05, 0.1) is 5.69 Å². The van der Waals surface area contributed by atoms with Crippen LogP contribution in [-0.4, -0.2) is 9.78 Å². The van der Waals surface area contributed by atoms with Crippen LogP contribution in [0, 0.1) is 6.92 Å². The van der Waals surface area contributed by atoms with Crippen molar-refractivity contribution >= 4 is 17.3 Å². The molecule has 0 aliphatic carbocycles. The summed E-state index contributed by atoms with van der Waals surface area (Å²) in [5.41, 5.74) is 4.51. The van der Waals surface area contributed by atoms with Crippen LogP contribution in [0.3, 0.4) is 0 Å². The Kier molecular flexibility index (Phi) is 3.92. The van der Waals surface area contributed by atoms with E-state index in [9.17, 15) is 0 Å². The summed E-state index contributed by atoms with van der Waals surface area (Å²) in [7, 11) is 1.95. The molecule has 1 aromatic heterocycles. The summed E-state index contributed by atoms with van der Waals surface area (Å²) in [5.74, 6) is 0. The second kappa shape index (κ2) is 5.44. The molecule has 0 aliphatic heterocycles. The highest BCUT2D eigenvalue weighted by Gasteiger charge is 2.05. The monoisotopic (exact) mass is 263 g/mol. The molecule has 2 aromatic rings. The van der Waals surface area contributed by atoms with Gasteiger partial charge in [-0.2, -0.15) is 5.10 Å². The highest BCUT2D eigenvalue weighted by atomic mass is 35.5. The van der Waals surface area contributed by atoms with E-state index < -0.39 is 0 Å². The van der Waals surface area contributed by atoms with Gasteiger partial charge in [-0.05, 0) is 31.0 Å². The van der Waals surface area contributed by atoms with Gasteiger partial charge in [0.15, 0.2) is 0 Å². The van der Waals surface area contributed by atoms with Crippen LogP contribution in [0.2, 0.25) is 5.02 Å². The predicted octanol–water partition coefficient (Wildman–Crippen LogP) is 3.56. The molecule has 0 fully saturated rings. The molecule has 96 valence electrons. The van der Waals surface area contributed by atoms with Gasteiger partial charge < -0.3 is 5.32 Å². The molecule has 18 heavy (non-hydrogen) atoms. The average molecular weight is 264 g/mol. The van der Waals surface area contributed by atoms with Crippen molar-refractivity contribution in [2.75, 3.05) is 5.32 Å². The first-order chi connectivity index (χ1) is 8.60. The summed E-state index contributed by atoms with van der Waals surface area (Å²) in [5, 5.41) is 8.60. The summed E-state index contributed by atoms with van der Waals surface area (Å²) in [6.45, 7) is 4.90. The molecule has 0 atom stereocenters. The summed E-state index contributed by atoms with van der Waals surface area (Å²) in [6.07, 6.45) is 3.01. The third kappa shape index (κ3) is 2.85. The van der Waals surface area contributed by atoms with Gasteiger partial charge in [0, 0.05) is 36.1 Å². The van der Waals surface area contributed by atoms with Crippen molar-refractivity contribution in [3.05, 3.63) is 46.2 Å². The number of hydrogen-bond acceptors (Lipinski definition) is 2. The van der Waals surface area contributed by atoms with E-state index in [-0.39, 0.29) is 0 Å². The van der Waals surface area contributed by atoms with Gasteiger partial charge in [0.1, 0.15) is 0 Å². The topological polar surface area (TPSA) is 29.9 Å². The molecular formula is C14H18ClN3. The standard InChI is InChI=1S/C14H18ClN3/c1-4-14-11(9-18(3)17-14)8-16-12-6-5-10(2)13(15)7-12/h5-7,9,16H,4,8H2,1-3H3. The molecule has 3 nitrogen and oxygen atoms in total. The Labute approximate surface area is 113 Å². The van der Waals surface area contributed by atoms with Crippen LogP contribution < -0.4 is 5.32 Å². The zero-order chi connectivity index (χ0) is 13.1. The van der Waals surface area contributed by atoms with E-state index in [1.807, 2.05) is 36.9 Å². The molecule has 0 unspecified atom stereocenters. The van der Waals surface area contributed by atoms with E-state index in [1.165, 1.54) is 5.56 Å². The Morgan fingerprint density at radius 3 is 2.83 bits per heavy atom. The molecule has 0 bridgehead atoms. The highest BCUT2D eigenvalue weighted by Crippen LogP contribution is 2.20. The van der Waals surface area contributed by atoms with Crippen molar-refractivity contribution in [1.29, 1.82) is 0 Å². The fourth-order valence-corrected chi connectivity index (χ4v) is 2.11. The minimum absolute atomic E-state index is 0.774. The maximum absolute atomic E-state index is 6.10. The molecule has 0 saturated carbocycles. The van der Waals surface area contributed by atoms with Crippen LogP contribution in [0.1, 0.15) is 23.7 Å². The van der Waals surface area contributed by atoms with Crippen molar-refractivity contribution in [2.45, 2.75) is 26.8 Å². The van der Waals surface area contributed by atoms with Crippen LogP contribution in [-0.2, 0) is 20.0 Å². The Balaban J connectivity index is 2.08. The summed E-state index contributed by atoms with van der Waals surface area (Å²) in [6, 6.07) is 6.02. The Morgan fingerprint density at radius 1 is 1.39 bits per heavy atom. The third-order valence-electron chi connectivity index (χ3n) is 2.98. The molecule has 1 aromatic carbocycles. The zero-order valence-corrected chi connectivity index (χ0v) is 11.8. The summed E-state index contributed by atoms with van der Waals surface area (Å²) in [4.78, 5) is 0. The Bertz CT molecular complexity index is 546. The van der Waals surface area contributed by atoms with E-state index in [1.54, 1.807) is 0 Å². The van der Waals surface area contributed by atoms with Crippen molar-refractivity contribution in [1.82, 2.24) is 9.78 Å². The largest absolute Gasteiger partial charge is 0.381 e. The lowest BCUT2D eigenvalue weighted by Gasteiger charge is -2.07. The first kappa shape index (κ1) is 13.0. The Morgan fingerprint density at radius 2 is 2.17 bits per heavy atom. The van der Waals surface area contributed by atoms with E-state index >= 15 is 0 Å². The summed E-state index contributed by atoms with van der Waals surface area (Å²) >= 11 is 6.10. The van der Waals surface area contributed by atoms with Gasteiger partial charge in [-0.25, -0.2) is 0 Å². The van der Waals surface area contributed by atoms with Crippen LogP contribution in [0.4, 0.5) is 5.69 Å². The van der Waals surface area contributed by atoms with Gasteiger partial charge in [-0.15, -0.1) is 0 Å². The number of hydrogen-bond donors (Lipinski definition) is 1. The molecular weight excluding hydrogens is 246 g/mol. The number of anilines is 1. The molecule has 1 heterocycles. The van der Waals surface area contributed by atoms with E-state index in [0.717, 1.165) is 34.9 Å². The van der Waals surface area contributed by atoms with Gasteiger partial charge in [-0.3, -0.25) is 4.68 Å². The van der Waals surface area contributed by atoms with Crippen molar-refractivity contribution < 1.29 is 0 Å². The first-order valence-electron chi connectivity index (χ1n) is 6.11. The molecule has 0 amide bonds. The molecule has 0 aliphatic rings. The van der Waals surface area contributed by atoms with Crippen LogP contribution in [0.5, 0.6) is 0 Å². The van der Waals surface area contributed by atoms with E-state index in [0.29, 0.717) is 0 Å². The number of aromatic nitrogens is 2. The highest BCUT2D eigenvalue weighted by molar-refractivity contribution is 6.31. The lowest BCUT2D eigenvalue weighted by atomic mass is 10.2. The van der Waals surface area contributed by atoms with Gasteiger partial charge in [0.25, 0.3) is 0 Å². The second-order valence-corrected chi connectivity index (χ2v) is 4.85. The second-order valence-electron chi connectivity index (χ2n) is 4.45. The van der Waals surface area contributed by atoms with Crippen molar-refractivity contribution in [3.63, 3.8) is 0 Å². The SMILES string of the molecule is CCc1nn(C)cc1CNc1ccc(C)c(Cl)c1. The van der Waals surface area contributed by atoms with Crippen LogP contribution >= 0.6 is 11.6 Å². The number of benzene rings is 1. The van der Waals surface area contributed by atoms with Crippen LogP contribution in [0.25, 0.3) is 0 Å². The number of rotatable bonds is 4. The lowest BCUT2D eigenvalue weighted by Crippen LogP contribution is -2.01. The first-order valence-corrected chi connectivity index (χ1v) is 6.49. The smallest absolute Gasteiger partial charge is 0.0671 e. The molecule has 2 rings (SSSR count). The Hall–Kier alpha value is -1.48. The fraction of sp³-hybridized carbons (Fsp3) is 0.357. The fourth-order valence-electron chi connectivity index (χ4n) is 1.93. The third-order valence-corrected chi connectivity index (χ3v) is 3.39. The molecule has 0 radical (unpaired) electrons. The quantitative estimate of drug-likeness (QED) is 0.914. The zero-order valence-electron chi connectivity index (χ0n) is 11.0. The average Bonchev–Trinajstić information content (AvgIpc) is 2.71. The number of halogens is 1. The van der Waals surface area contributed by atoms with Gasteiger partial charge in [-0.1, -0.05) is 24.6 Å². The van der Waals surface area contributed by atoms with Crippen LogP contribution in [0.15, 0.2) is 24.4 Å². The maximum Gasteiger partial charge on any atom is 0.0671 e. The molecule has 4 heteroatoms. The van der Waals surface area contributed by atoms with Crippen molar-refractivity contribution in [3.8, 4) is 0 Å². The summed E-state index contributed by atoms with van der Waals surface area (Å²) < 4.78 is 1.86. The number of nitrogens with one attached hydrogen (secondary N) is 1. The lowest BCUT2D eigenvalue weighted by molar-refractivity contribution is 0.746. The van der Waals surface area contributed by atoms with E-state index in [2.05, 4.69) is 23.5 Å². The number of aryl methyl sites for hydroxylation is 3. The molecule has 0 spiro atoms. The van der Waals surface area contributed by atoms with E-state index in [4.69, 9.17) is 11.6 Å². The predicted molar refractivity (Wildman–Crippen MR) is 76.1 cm³/mol. The van der Waals surface area contributed by atoms with Gasteiger partial charge >= 0.3 is 0 Å². The number of nitrogens with zero attached hydrogens (tertiary/aromatic N) is 2. The molecule has 1 N–H and O–H groups in total. The molecule has 0 saturated heterocycles.